The van der Waals surface area contributed by atoms with Gasteiger partial charge in [0.05, 0.1) is 6.61 Å². The Labute approximate surface area is 60.8 Å². The molecular formula is C6H15NOS. The van der Waals surface area contributed by atoms with Gasteiger partial charge in [-0.3, -0.25) is 0 Å². The molecule has 0 aliphatic heterocycles. The fourth-order valence-corrected chi connectivity index (χ4v) is 1.11. The van der Waals surface area contributed by atoms with E-state index in [0.29, 0.717) is 5.25 Å². The number of nitrogens with two attached hydrogens (primary N) is 1. The topological polar surface area (TPSA) is 46.2 Å². The maximum atomic E-state index is 8.59. The van der Waals surface area contributed by atoms with E-state index in [2.05, 4.69) is 0 Å². The Morgan fingerprint density at radius 1 is 1.56 bits per heavy atom. The van der Waals surface area contributed by atoms with Crippen molar-refractivity contribution in [2.75, 3.05) is 12.4 Å². The second kappa shape index (κ2) is 5.09. The molecule has 3 N–H and O–H groups in total. The molecule has 0 aliphatic rings. The van der Waals surface area contributed by atoms with Gasteiger partial charge in [0.1, 0.15) is 0 Å². The van der Waals surface area contributed by atoms with E-state index in [1.54, 1.807) is 11.8 Å². The Morgan fingerprint density at radius 2 is 2.11 bits per heavy atom. The van der Waals surface area contributed by atoms with Crippen molar-refractivity contribution in [3.05, 3.63) is 0 Å². The predicted molar refractivity (Wildman–Crippen MR) is 42.7 cm³/mol. The summed E-state index contributed by atoms with van der Waals surface area (Å²) in [6, 6.07) is 0.240. The fraction of sp³-hybridized carbons (Fsp3) is 1.00. The van der Waals surface area contributed by atoms with Crippen LogP contribution in [-0.2, 0) is 0 Å². The number of hydrogen-bond donors (Lipinski definition) is 2. The van der Waals surface area contributed by atoms with E-state index in [4.69, 9.17) is 10.8 Å². The maximum Gasteiger partial charge on any atom is 0.0547 e. The van der Waals surface area contributed by atoms with E-state index < -0.39 is 0 Å². The smallest absolute Gasteiger partial charge is 0.0547 e. The van der Waals surface area contributed by atoms with Gasteiger partial charge in [-0.05, 0) is 6.92 Å². The number of aliphatic hydroxyl groups excluding tert-OH is 1. The molecule has 0 saturated heterocycles. The van der Waals surface area contributed by atoms with Gasteiger partial charge < -0.3 is 10.8 Å². The van der Waals surface area contributed by atoms with Gasteiger partial charge in [-0.2, -0.15) is 11.8 Å². The van der Waals surface area contributed by atoms with Crippen LogP contribution in [0, 0.1) is 0 Å². The van der Waals surface area contributed by atoms with Crippen LogP contribution in [0.2, 0.25) is 0 Å². The molecule has 2 atom stereocenters. The summed E-state index contributed by atoms with van der Waals surface area (Å²) in [4.78, 5) is 0. The van der Waals surface area contributed by atoms with Crippen LogP contribution in [0.25, 0.3) is 0 Å². The first-order chi connectivity index (χ1) is 4.16. The fourth-order valence-electron chi connectivity index (χ4n) is 0.369. The molecule has 0 radical (unpaired) electrons. The Bertz CT molecular complexity index is 68.1. The lowest BCUT2D eigenvalue weighted by atomic mass is 10.4. The third kappa shape index (κ3) is 6.15. The van der Waals surface area contributed by atoms with Crippen molar-refractivity contribution >= 4 is 11.8 Å². The van der Waals surface area contributed by atoms with Gasteiger partial charge in [-0.25, -0.2) is 0 Å². The van der Waals surface area contributed by atoms with E-state index in [9.17, 15) is 0 Å². The second-order valence-corrected chi connectivity index (χ2v) is 3.78. The zero-order valence-corrected chi connectivity index (χ0v) is 6.82. The SMILES string of the molecule is CC(CO)SC[C@H](C)N. The van der Waals surface area contributed by atoms with Crippen LogP contribution in [-0.4, -0.2) is 28.8 Å². The summed E-state index contributed by atoms with van der Waals surface area (Å²) in [5.41, 5.74) is 5.49. The molecule has 0 fully saturated rings. The minimum atomic E-state index is 0.240. The third-order valence-electron chi connectivity index (χ3n) is 0.901. The highest BCUT2D eigenvalue weighted by Crippen LogP contribution is 2.09. The van der Waals surface area contributed by atoms with Crippen LogP contribution < -0.4 is 5.73 Å². The Hall–Kier alpha value is 0.270. The van der Waals surface area contributed by atoms with Crippen LogP contribution in [0.5, 0.6) is 0 Å². The molecule has 0 amide bonds. The van der Waals surface area contributed by atoms with Crippen molar-refractivity contribution in [2.24, 2.45) is 5.73 Å². The van der Waals surface area contributed by atoms with Crippen LogP contribution >= 0.6 is 11.8 Å². The van der Waals surface area contributed by atoms with Gasteiger partial charge in [0.2, 0.25) is 0 Å². The summed E-state index contributed by atoms with van der Waals surface area (Å²) in [6.45, 7) is 4.21. The normalized spacial score (nSPS) is 17.3. The second-order valence-electron chi connectivity index (χ2n) is 2.30. The van der Waals surface area contributed by atoms with Gasteiger partial charge in [0.25, 0.3) is 0 Å². The van der Waals surface area contributed by atoms with E-state index in [-0.39, 0.29) is 12.6 Å². The first kappa shape index (κ1) is 9.27. The monoisotopic (exact) mass is 149 g/mol. The highest BCUT2D eigenvalue weighted by Gasteiger charge is 2.00. The van der Waals surface area contributed by atoms with Crippen LogP contribution in [0.4, 0.5) is 0 Å². The van der Waals surface area contributed by atoms with Crippen LogP contribution in [0.1, 0.15) is 13.8 Å². The van der Waals surface area contributed by atoms with Crippen molar-refractivity contribution in [3.8, 4) is 0 Å². The maximum absolute atomic E-state index is 8.59. The molecule has 0 aromatic rings. The summed E-state index contributed by atoms with van der Waals surface area (Å²) in [6.07, 6.45) is 0. The zero-order chi connectivity index (χ0) is 7.28. The van der Waals surface area contributed by atoms with Crippen LogP contribution in [0.15, 0.2) is 0 Å². The summed E-state index contributed by atoms with van der Waals surface area (Å²) in [5, 5.41) is 8.92. The average Bonchev–Trinajstić information content (AvgIpc) is 1.83. The van der Waals surface area contributed by atoms with Gasteiger partial charge in [-0.15, -0.1) is 0 Å². The highest BCUT2D eigenvalue weighted by atomic mass is 32.2. The quantitative estimate of drug-likeness (QED) is 0.610. The highest BCUT2D eigenvalue weighted by molar-refractivity contribution is 7.99. The Morgan fingerprint density at radius 3 is 2.44 bits per heavy atom. The lowest BCUT2D eigenvalue weighted by Gasteiger charge is -2.08. The summed E-state index contributed by atoms with van der Waals surface area (Å²) < 4.78 is 0. The molecule has 56 valence electrons. The van der Waals surface area contributed by atoms with Crippen molar-refractivity contribution in [3.63, 3.8) is 0 Å². The minimum Gasteiger partial charge on any atom is -0.395 e. The molecular weight excluding hydrogens is 134 g/mol. The molecule has 0 aromatic heterocycles. The number of aliphatic hydroxyl groups is 1. The number of thioether (sulfide) groups is 1. The molecule has 1 unspecified atom stereocenters. The summed E-state index contributed by atoms with van der Waals surface area (Å²) in [5.74, 6) is 0.932. The average molecular weight is 149 g/mol. The van der Waals surface area contributed by atoms with Crippen molar-refractivity contribution in [2.45, 2.75) is 25.1 Å². The van der Waals surface area contributed by atoms with Crippen molar-refractivity contribution in [1.29, 1.82) is 0 Å². The molecule has 3 heteroatoms. The van der Waals surface area contributed by atoms with E-state index in [0.717, 1.165) is 5.75 Å². The van der Waals surface area contributed by atoms with Gasteiger partial charge >= 0.3 is 0 Å². The molecule has 0 aliphatic carbocycles. The Kier molecular flexibility index (Phi) is 5.24. The van der Waals surface area contributed by atoms with Gasteiger partial charge in [0, 0.05) is 17.0 Å². The Balaban J connectivity index is 3.06. The van der Waals surface area contributed by atoms with Crippen molar-refractivity contribution in [1.82, 2.24) is 0 Å². The number of hydrogen-bond acceptors (Lipinski definition) is 3. The van der Waals surface area contributed by atoms with Gasteiger partial charge in [0.15, 0.2) is 0 Å². The molecule has 0 bridgehead atoms. The van der Waals surface area contributed by atoms with Gasteiger partial charge in [-0.1, -0.05) is 6.92 Å². The number of rotatable bonds is 4. The molecule has 0 spiro atoms. The lowest BCUT2D eigenvalue weighted by Crippen LogP contribution is -2.19. The predicted octanol–water partition coefficient (Wildman–Crippen LogP) is 0.448. The molecule has 0 rings (SSSR count). The van der Waals surface area contributed by atoms with E-state index >= 15 is 0 Å². The molecule has 9 heavy (non-hydrogen) atoms. The van der Waals surface area contributed by atoms with E-state index in [1.165, 1.54) is 0 Å². The molecule has 2 nitrogen and oxygen atoms in total. The van der Waals surface area contributed by atoms with E-state index in [1.807, 2.05) is 13.8 Å². The van der Waals surface area contributed by atoms with Crippen molar-refractivity contribution < 1.29 is 5.11 Å². The molecule has 0 aromatic carbocycles. The first-order valence-electron chi connectivity index (χ1n) is 3.15. The largest absolute Gasteiger partial charge is 0.395 e. The molecule has 0 heterocycles. The standard InChI is InChI=1S/C6H15NOS/c1-5(7)4-9-6(2)3-8/h5-6,8H,3-4,7H2,1-2H3/t5-,6?/m0/s1. The third-order valence-corrected chi connectivity index (χ3v) is 2.34. The summed E-state index contributed by atoms with van der Waals surface area (Å²) >= 11 is 1.71. The van der Waals surface area contributed by atoms with Crippen LogP contribution in [0.3, 0.4) is 0 Å². The molecule has 0 saturated carbocycles. The lowest BCUT2D eigenvalue weighted by molar-refractivity contribution is 0.300. The zero-order valence-electron chi connectivity index (χ0n) is 6.00. The minimum absolute atomic E-state index is 0.240. The first-order valence-corrected chi connectivity index (χ1v) is 4.19. The summed E-state index contributed by atoms with van der Waals surface area (Å²) in [7, 11) is 0.